The van der Waals surface area contributed by atoms with Crippen molar-refractivity contribution in [2.24, 2.45) is 0 Å². The van der Waals surface area contributed by atoms with Gasteiger partial charge in [0.2, 0.25) is 0 Å². The van der Waals surface area contributed by atoms with Crippen molar-refractivity contribution in [2.75, 3.05) is 18.0 Å². The van der Waals surface area contributed by atoms with E-state index in [0.717, 1.165) is 33.4 Å². The first-order valence-electron chi connectivity index (χ1n) is 9.60. The molecular weight excluding hydrogens is 386 g/mol. The fourth-order valence-corrected chi connectivity index (χ4v) is 4.15. The summed E-state index contributed by atoms with van der Waals surface area (Å²) >= 11 is 5.99. The molecule has 7 heteroatoms. The molecule has 1 aliphatic rings. The fraction of sp³-hybridized carbons (Fsp3) is 0.227. The minimum atomic E-state index is -0.841. The number of hydrogen-bond acceptors (Lipinski definition) is 5. The molecule has 1 saturated heterocycles. The number of anilines is 1. The number of hydrogen-bond donors (Lipinski definition) is 2. The third kappa shape index (κ3) is 3.34. The van der Waals surface area contributed by atoms with Crippen LogP contribution in [0.1, 0.15) is 18.4 Å². The Morgan fingerprint density at radius 3 is 2.52 bits per heavy atom. The SMILES string of the molecule is OC1(c2ccc(Cl)cc2)CCN(c2ncnc3ccc(-c4cn[nH]c4)cc23)CC1. The van der Waals surface area contributed by atoms with Crippen LogP contribution in [0.2, 0.25) is 5.02 Å². The number of fused-ring (bicyclic) bond motifs is 1. The molecule has 0 bridgehead atoms. The molecule has 29 heavy (non-hydrogen) atoms. The Hall–Kier alpha value is -2.96. The summed E-state index contributed by atoms with van der Waals surface area (Å²) in [6.45, 7) is 1.42. The van der Waals surface area contributed by atoms with E-state index in [2.05, 4.69) is 31.1 Å². The lowest BCUT2D eigenvalue weighted by atomic mass is 9.84. The van der Waals surface area contributed by atoms with Gasteiger partial charge >= 0.3 is 0 Å². The first kappa shape index (κ1) is 18.1. The van der Waals surface area contributed by atoms with E-state index in [1.165, 1.54) is 0 Å². The Morgan fingerprint density at radius 1 is 1.00 bits per heavy atom. The first-order chi connectivity index (χ1) is 14.1. The van der Waals surface area contributed by atoms with Crippen LogP contribution in [0, 0.1) is 0 Å². The molecule has 0 atom stereocenters. The minimum Gasteiger partial charge on any atom is -0.385 e. The molecule has 3 heterocycles. The number of aliphatic hydroxyl groups is 1. The topological polar surface area (TPSA) is 77.9 Å². The van der Waals surface area contributed by atoms with E-state index in [4.69, 9.17) is 11.6 Å². The van der Waals surface area contributed by atoms with Gasteiger partial charge in [-0.2, -0.15) is 5.10 Å². The first-order valence-corrected chi connectivity index (χ1v) is 9.97. The van der Waals surface area contributed by atoms with Crippen molar-refractivity contribution in [2.45, 2.75) is 18.4 Å². The highest BCUT2D eigenvalue weighted by Crippen LogP contribution is 2.36. The summed E-state index contributed by atoms with van der Waals surface area (Å²) in [5.41, 5.74) is 3.07. The number of rotatable bonds is 3. The van der Waals surface area contributed by atoms with Crippen molar-refractivity contribution in [3.8, 4) is 11.1 Å². The minimum absolute atomic E-state index is 0.627. The van der Waals surface area contributed by atoms with Gasteiger partial charge in [-0.1, -0.05) is 29.8 Å². The monoisotopic (exact) mass is 405 g/mol. The lowest BCUT2D eigenvalue weighted by Crippen LogP contribution is -2.43. The standard InChI is InChI=1S/C22H20ClN5O/c23-18-4-2-17(3-5-18)22(29)7-9-28(10-8-22)21-19-11-15(16-12-26-27-13-16)1-6-20(19)24-14-25-21/h1-6,11-14,29H,7-10H2,(H,26,27). The normalized spacial score (nSPS) is 16.3. The van der Waals surface area contributed by atoms with Gasteiger partial charge in [-0.15, -0.1) is 0 Å². The van der Waals surface area contributed by atoms with Gasteiger partial charge in [0.1, 0.15) is 12.1 Å². The highest BCUT2D eigenvalue weighted by Gasteiger charge is 2.34. The average Bonchev–Trinajstić information content (AvgIpc) is 3.29. The van der Waals surface area contributed by atoms with E-state index in [1.54, 1.807) is 12.5 Å². The van der Waals surface area contributed by atoms with Crippen LogP contribution in [-0.4, -0.2) is 38.4 Å². The smallest absolute Gasteiger partial charge is 0.139 e. The van der Waals surface area contributed by atoms with Gasteiger partial charge in [-0.05, 0) is 48.2 Å². The molecule has 4 aromatic rings. The zero-order valence-corrected chi connectivity index (χ0v) is 16.5. The van der Waals surface area contributed by atoms with Crippen molar-refractivity contribution < 1.29 is 5.11 Å². The van der Waals surface area contributed by atoms with Crippen LogP contribution in [0.5, 0.6) is 0 Å². The summed E-state index contributed by atoms with van der Waals surface area (Å²) in [5.74, 6) is 0.901. The van der Waals surface area contributed by atoms with Crippen molar-refractivity contribution in [3.63, 3.8) is 0 Å². The molecule has 146 valence electrons. The van der Waals surface area contributed by atoms with E-state index in [0.29, 0.717) is 31.0 Å². The Bertz CT molecular complexity index is 1140. The zero-order valence-electron chi connectivity index (χ0n) is 15.7. The van der Waals surface area contributed by atoms with Gasteiger partial charge in [-0.25, -0.2) is 9.97 Å². The molecule has 5 rings (SSSR count). The van der Waals surface area contributed by atoms with E-state index in [-0.39, 0.29) is 0 Å². The van der Waals surface area contributed by atoms with Crippen LogP contribution in [0.25, 0.3) is 22.0 Å². The summed E-state index contributed by atoms with van der Waals surface area (Å²) in [4.78, 5) is 11.2. The maximum absolute atomic E-state index is 11.2. The summed E-state index contributed by atoms with van der Waals surface area (Å²) in [5, 5.41) is 19.7. The molecule has 0 amide bonds. The van der Waals surface area contributed by atoms with Crippen molar-refractivity contribution in [3.05, 3.63) is 71.8 Å². The number of piperidine rings is 1. The van der Waals surface area contributed by atoms with Crippen molar-refractivity contribution >= 4 is 28.3 Å². The fourth-order valence-electron chi connectivity index (χ4n) is 4.02. The molecule has 0 saturated carbocycles. The predicted molar refractivity (Wildman–Crippen MR) is 114 cm³/mol. The number of nitrogens with one attached hydrogen (secondary N) is 1. The number of aromatic nitrogens is 4. The van der Waals surface area contributed by atoms with E-state index >= 15 is 0 Å². The number of H-pyrrole nitrogens is 1. The second-order valence-electron chi connectivity index (χ2n) is 7.44. The lowest BCUT2D eigenvalue weighted by molar-refractivity contribution is 0.0117. The molecule has 2 aromatic heterocycles. The Morgan fingerprint density at radius 2 is 1.79 bits per heavy atom. The number of aromatic amines is 1. The van der Waals surface area contributed by atoms with Gasteiger partial charge in [0.15, 0.2) is 0 Å². The number of nitrogens with zero attached hydrogens (tertiary/aromatic N) is 4. The Balaban J connectivity index is 1.44. The van der Waals surface area contributed by atoms with Gasteiger partial charge in [0.05, 0.1) is 17.3 Å². The zero-order chi connectivity index (χ0) is 19.8. The van der Waals surface area contributed by atoms with Crippen LogP contribution in [-0.2, 0) is 5.60 Å². The summed E-state index contributed by atoms with van der Waals surface area (Å²) < 4.78 is 0. The lowest BCUT2D eigenvalue weighted by Gasteiger charge is -2.39. The summed E-state index contributed by atoms with van der Waals surface area (Å²) in [6, 6.07) is 13.6. The molecule has 0 spiro atoms. The molecule has 2 N–H and O–H groups in total. The van der Waals surface area contributed by atoms with E-state index in [9.17, 15) is 5.11 Å². The summed E-state index contributed by atoms with van der Waals surface area (Å²) in [6.07, 6.45) is 6.54. The highest BCUT2D eigenvalue weighted by atomic mass is 35.5. The molecule has 0 aliphatic carbocycles. The van der Waals surface area contributed by atoms with Crippen molar-refractivity contribution in [1.82, 2.24) is 20.2 Å². The van der Waals surface area contributed by atoms with Crippen LogP contribution >= 0.6 is 11.6 Å². The average molecular weight is 406 g/mol. The predicted octanol–water partition coefficient (Wildman–Crippen LogP) is 4.16. The third-order valence-electron chi connectivity index (χ3n) is 5.72. The Kier molecular flexibility index (Phi) is 4.45. The third-order valence-corrected chi connectivity index (χ3v) is 5.97. The van der Waals surface area contributed by atoms with E-state index < -0.39 is 5.60 Å². The van der Waals surface area contributed by atoms with E-state index in [1.807, 2.05) is 42.6 Å². The van der Waals surface area contributed by atoms with Crippen LogP contribution < -0.4 is 4.90 Å². The number of benzene rings is 2. The Labute approximate surface area is 173 Å². The van der Waals surface area contributed by atoms with Crippen LogP contribution in [0.4, 0.5) is 5.82 Å². The molecule has 1 fully saturated rings. The second kappa shape index (κ2) is 7.13. The van der Waals surface area contributed by atoms with Gasteiger partial charge in [-0.3, -0.25) is 5.10 Å². The van der Waals surface area contributed by atoms with Crippen LogP contribution in [0.3, 0.4) is 0 Å². The molecular formula is C22H20ClN5O. The second-order valence-corrected chi connectivity index (χ2v) is 7.88. The quantitative estimate of drug-likeness (QED) is 0.535. The highest BCUT2D eigenvalue weighted by molar-refractivity contribution is 6.30. The van der Waals surface area contributed by atoms with Crippen LogP contribution in [0.15, 0.2) is 61.2 Å². The molecule has 1 aliphatic heterocycles. The maximum Gasteiger partial charge on any atom is 0.139 e. The van der Waals surface area contributed by atoms with Gasteiger partial charge < -0.3 is 10.0 Å². The number of halogens is 1. The van der Waals surface area contributed by atoms with Crippen molar-refractivity contribution in [1.29, 1.82) is 0 Å². The molecule has 6 nitrogen and oxygen atoms in total. The van der Waals surface area contributed by atoms with Gasteiger partial charge in [0, 0.05) is 35.3 Å². The molecule has 0 radical (unpaired) electrons. The summed E-state index contributed by atoms with van der Waals surface area (Å²) in [7, 11) is 0. The van der Waals surface area contributed by atoms with Gasteiger partial charge in [0.25, 0.3) is 0 Å². The molecule has 0 unspecified atom stereocenters. The molecule has 2 aromatic carbocycles. The maximum atomic E-state index is 11.2. The largest absolute Gasteiger partial charge is 0.385 e.